The zero-order valence-electron chi connectivity index (χ0n) is 11.5. The van der Waals surface area contributed by atoms with Crippen LogP contribution in [0.1, 0.15) is 17.3 Å². The van der Waals surface area contributed by atoms with Crippen molar-refractivity contribution in [2.24, 2.45) is 0 Å². The summed E-state index contributed by atoms with van der Waals surface area (Å²) in [5.74, 6) is -0.591. The van der Waals surface area contributed by atoms with Gasteiger partial charge in [-0.25, -0.2) is 4.79 Å². The van der Waals surface area contributed by atoms with Crippen molar-refractivity contribution in [3.63, 3.8) is 0 Å². The first-order valence-electron chi connectivity index (χ1n) is 5.72. The molecule has 1 amide bonds. The van der Waals surface area contributed by atoms with Crippen LogP contribution in [0.5, 0.6) is 5.75 Å². The molecule has 104 valence electrons. The standard InChI is InChI=1S/C13H18N2O4/c1-8(12(16)15(2)3)19-13(17)10-7-9(14)5-6-11(10)18-4/h5-8H,14H2,1-4H3. The maximum absolute atomic E-state index is 12.0. The van der Waals surface area contributed by atoms with Crippen LogP contribution < -0.4 is 10.5 Å². The number of hydrogen-bond acceptors (Lipinski definition) is 5. The Kier molecular flexibility index (Phi) is 4.74. The van der Waals surface area contributed by atoms with Gasteiger partial charge in [-0.2, -0.15) is 0 Å². The molecule has 6 nitrogen and oxygen atoms in total. The summed E-state index contributed by atoms with van der Waals surface area (Å²) in [5.41, 5.74) is 6.23. The predicted molar refractivity (Wildman–Crippen MR) is 71.0 cm³/mol. The number of ether oxygens (including phenoxy) is 2. The van der Waals surface area contributed by atoms with Gasteiger partial charge in [0.1, 0.15) is 11.3 Å². The molecule has 1 rings (SSSR count). The highest BCUT2D eigenvalue weighted by atomic mass is 16.5. The quantitative estimate of drug-likeness (QED) is 0.647. The molecule has 0 bridgehead atoms. The molecule has 1 unspecified atom stereocenters. The fraction of sp³-hybridized carbons (Fsp3) is 0.385. The molecular formula is C13H18N2O4. The first-order valence-corrected chi connectivity index (χ1v) is 5.72. The Bertz CT molecular complexity index is 486. The number of methoxy groups -OCH3 is 1. The zero-order chi connectivity index (χ0) is 14.6. The van der Waals surface area contributed by atoms with Gasteiger partial charge in [-0.05, 0) is 25.1 Å². The molecule has 0 spiro atoms. The van der Waals surface area contributed by atoms with E-state index in [0.717, 1.165) is 0 Å². The van der Waals surface area contributed by atoms with Crippen molar-refractivity contribution in [1.29, 1.82) is 0 Å². The lowest BCUT2D eigenvalue weighted by Crippen LogP contribution is -2.35. The minimum absolute atomic E-state index is 0.195. The van der Waals surface area contributed by atoms with E-state index in [-0.39, 0.29) is 11.5 Å². The van der Waals surface area contributed by atoms with Crippen LogP contribution in [0.15, 0.2) is 18.2 Å². The first kappa shape index (κ1) is 14.8. The van der Waals surface area contributed by atoms with Gasteiger partial charge in [-0.1, -0.05) is 0 Å². The number of hydrogen-bond donors (Lipinski definition) is 1. The highest BCUT2D eigenvalue weighted by molar-refractivity contribution is 5.95. The largest absolute Gasteiger partial charge is 0.496 e. The summed E-state index contributed by atoms with van der Waals surface area (Å²) in [6, 6.07) is 4.64. The van der Waals surface area contributed by atoms with Crippen molar-refractivity contribution in [2.45, 2.75) is 13.0 Å². The van der Waals surface area contributed by atoms with Gasteiger partial charge < -0.3 is 20.1 Å². The van der Waals surface area contributed by atoms with Crippen LogP contribution in [0, 0.1) is 0 Å². The summed E-state index contributed by atoms with van der Waals surface area (Å²) in [6.07, 6.45) is -0.867. The maximum atomic E-state index is 12.0. The van der Waals surface area contributed by atoms with Crippen LogP contribution in [0.25, 0.3) is 0 Å². The van der Waals surface area contributed by atoms with Crippen molar-refractivity contribution < 1.29 is 19.1 Å². The molecule has 2 N–H and O–H groups in total. The molecular weight excluding hydrogens is 248 g/mol. The molecule has 19 heavy (non-hydrogen) atoms. The smallest absolute Gasteiger partial charge is 0.342 e. The van der Waals surface area contributed by atoms with Gasteiger partial charge in [-0.3, -0.25) is 4.79 Å². The molecule has 0 aliphatic carbocycles. The molecule has 0 saturated carbocycles. The molecule has 1 atom stereocenters. The van der Waals surface area contributed by atoms with E-state index in [2.05, 4.69) is 0 Å². The zero-order valence-corrected chi connectivity index (χ0v) is 11.5. The molecule has 0 aliphatic rings. The average molecular weight is 266 g/mol. The number of esters is 1. The molecule has 0 heterocycles. The third kappa shape index (κ3) is 3.61. The Hall–Kier alpha value is -2.24. The van der Waals surface area contributed by atoms with E-state index in [1.165, 1.54) is 25.0 Å². The first-order chi connectivity index (χ1) is 8.86. The second-order valence-electron chi connectivity index (χ2n) is 4.24. The van der Waals surface area contributed by atoms with Gasteiger partial charge >= 0.3 is 5.97 Å². The Morgan fingerprint density at radius 1 is 1.32 bits per heavy atom. The van der Waals surface area contributed by atoms with E-state index in [1.807, 2.05) is 0 Å². The second-order valence-corrected chi connectivity index (χ2v) is 4.24. The van der Waals surface area contributed by atoms with E-state index < -0.39 is 12.1 Å². The predicted octanol–water partition coefficient (Wildman–Crippen LogP) is 0.911. The van der Waals surface area contributed by atoms with E-state index in [1.54, 1.807) is 26.2 Å². The van der Waals surface area contributed by atoms with Gasteiger partial charge in [-0.15, -0.1) is 0 Å². The number of nitrogen functional groups attached to an aromatic ring is 1. The monoisotopic (exact) mass is 266 g/mol. The molecule has 0 fully saturated rings. The van der Waals surface area contributed by atoms with Crippen molar-refractivity contribution >= 4 is 17.6 Å². The SMILES string of the molecule is COc1ccc(N)cc1C(=O)OC(C)C(=O)N(C)C. The van der Waals surface area contributed by atoms with Crippen molar-refractivity contribution in [2.75, 3.05) is 26.9 Å². The highest BCUT2D eigenvalue weighted by Crippen LogP contribution is 2.22. The number of nitrogens with zero attached hydrogens (tertiary/aromatic N) is 1. The Labute approximate surface area is 112 Å². The average Bonchev–Trinajstić information content (AvgIpc) is 2.37. The van der Waals surface area contributed by atoms with Gasteiger partial charge in [0.25, 0.3) is 5.91 Å². The lowest BCUT2D eigenvalue weighted by molar-refractivity contribution is -0.137. The summed E-state index contributed by atoms with van der Waals surface area (Å²) in [5, 5.41) is 0. The summed E-state index contributed by atoms with van der Waals surface area (Å²) in [4.78, 5) is 25.0. The number of rotatable bonds is 4. The highest BCUT2D eigenvalue weighted by Gasteiger charge is 2.22. The van der Waals surface area contributed by atoms with Crippen molar-refractivity contribution in [1.82, 2.24) is 4.90 Å². The van der Waals surface area contributed by atoms with Crippen LogP contribution in [0.3, 0.4) is 0 Å². The van der Waals surface area contributed by atoms with Crippen molar-refractivity contribution in [3.8, 4) is 5.75 Å². The number of nitrogens with two attached hydrogens (primary N) is 1. The molecule has 1 aromatic rings. The minimum atomic E-state index is -0.867. The fourth-order valence-corrected chi connectivity index (χ4v) is 1.52. The van der Waals surface area contributed by atoms with Crippen LogP contribution in [0.4, 0.5) is 5.69 Å². The normalized spacial score (nSPS) is 11.6. The molecule has 0 saturated heterocycles. The topological polar surface area (TPSA) is 81.9 Å². The van der Waals surface area contributed by atoms with Crippen LogP contribution in [-0.4, -0.2) is 44.1 Å². The summed E-state index contributed by atoms with van der Waals surface area (Å²) < 4.78 is 10.2. The summed E-state index contributed by atoms with van der Waals surface area (Å²) in [7, 11) is 4.62. The molecule has 6 heteroatoms. The van der Waals surface area contributed by atoms with E-state index in [9.17, 15) is 9.59 Å². The molecule has 0 radical (unpaired) electrons. The van der Waals surface area contributed by atoms with Crippen LogP contribution in [0.2, 0.25) is 0 Å². The number of carbonyl (C=O) groups is 2. The minimum Gasteiger partial charge on any atom is -0.496 e. The molecule has 0 aromatic heterocycles. The second kappa shape index (κ2) is 6.08. The van der Waals surface area contributed by atoms with E-state index >= 15 is 0 Å². The van der Waals surface area contributed by atoms with Gasteiger partial charge in [0, 0.05) is 19.8 Å². The van der Waals surface area contributed by atoms with Gasteiger partial charge in [0.2, 0.25) is 0 Å². The number of anilines is 1. The third-order valence-electron chi connectivity index (χ3n) is 2.52. The Morgan fingerprint density at radius 2 is 1.95 bits per heavy atom. The molecule has 0 aliphatic heterocycles. The van der Waals surface area contributed by atoms with E-state index in [0.29, 0.717) is 11.4 Å². The fourth-order valence-electron chi connectivity index (χ4n) is 1.52. The summed E-state index contributed by atoms with van der Waals surface area (Å²) >= 11 is 0. The van der Waals surface area contributed by atoms with Crippen LogP contribution in [-0.2, 0) is 9.53 Å². The third-order valence-corrected chi connectivity index (χ3v) is 2.52. The number of likely N-dealkylation sites (N-methyl/N-ethyl adjacent to an activating group) is 1. The number of carbonyl (C=O) groups excluding carboxylic acids is 2. The number of amides is 1. The molecule has 1 aromatic carbocycles. The van der Waals surface area contributed by atoms with Gasteiger partial charge in [0.15, 0.2) is 6.10 Å². The number of benzene rings is 1. The lowest BCUT2D eigenvalue weighted by atomic mass is 10.2. The Balaban J connectivity index is 2.89. The van der Waals surface area contributed by atoms with Crippen LogP contribution >= 0.6 is 0 Å². The van der Waals surface area contributed by atoms with Gasteiger partial charge in [0.05, 0.1) is 7.11 Å². The lowest BCUT2D eigenvalue weighted by Gasteiger charge is -2.18. The van der Waals surface area contributed by atoms with E-state index in [4.69, 9.17) is 15.2 Å². The summed E-state index contributed by atoms with van der Waals surface area (Å²) in [6.45, 7) is 1.51. The Morgan fingerprint density at radius 3 is 2.47 bits per heavy atom. The van der Waals surface area contributed by atoms with Crippen molar-refractivity contribution in [3.05, 3.63) is 23.8 Å². The maximum Gasteiger partial charge on any atom is 0.342 e.